The van der Waals surface area contributed by atoms with Crippen LogP contribution in [0.25, 0.3) is 9.69 Å². The highest BCUT2D eigenvalue weighted by atomic mass is 16.5. The molecule has 2 unspecified atom stereocenters. The Kier molecular flexibility index (Phi) is 10.9. The van der Waals surface area contributed by atoms with E-state index in [1.807, 2.05) is 0 Å². The van der Waals surface area contributed by atoms with Gasteiger partial charge in [-0.3, -0.25) is 4.90 Å². The SMILES string of the molecule is [C-]#[N+]CCOC1CC[C@@]2(C)[C@@H](C1)C[C@@H](OCCC#N)[C@@H]1[C@@H]2C[C@H](OCC[N+]#[C-])[C@@]2(C)[C@H]1CC[C@@H]2[C@@]1(C)CCC1N(C)Cc1ccccc1. The maximum absolute atomic E-state index is 9.43. The maximum atomic E-state index is 9.43. The highest BCUT2D eigenvalue weighted by Gasteiger charge is 2.69. The molecule has 5 aliphatic rings. The van der Waals surface area contributed by atoms with Gasteiger partial charge in [-0.15, -0.1) is 0 Å². The second-order valence-electron chi connectivity index (χ2n) is 16.6. The molecule has 48 heavy (non-hydrogen) atoms. The fourth-order valence-electron chi connectivity index (χ4n) is 12.3. The van der Waals surface area contributed by atoms with Gasteiger partial charge < -0.3 is 23.9 Å². The Morgan fingerprint density at radius 3 is 2.27 bits per heavy atom. The molecule has 0 radical (unpaired) electrons. The topological polar surface area (TPSA) is 63.4 Å². The summed E-state index contributed by atoms with van der Waals surface area (Å²) in [5.41, 5.74) is 1.77. The molecule has 0 aliphatic heterocycles. The third-order valence-corrected chi connectivity index (χ3v) is 14.6. The van der Waals surface area contributed by atoms with Gasteiger partial charge >= 0.3 is 0 Å². The highest BCUT2D eigenvalue weighted by molar-refractivity contribution is 5.20. The van der Waals surface area contributed by atoms with E-state index in [0.29, 0.717) is 75.0 Å². The average Bonchev–Trinajstić information content (AvgIpc) is 3.43. The summed E-state index contributed by atoms with van der Waals surface area (Å²) in [6.45, 7) is 25.8. The van der Waals surface area contributed by atoms with Gasteiger partial charge in [0.2, 0.25) is 13.1 Å². The Morgan fingerprint density at radius 2 is 1.58 bits per heavy atom. The molecule has 6 rings (SSSR count). The Bertz CT molecular complexity index is 1370. The van der Waals surface area contributed by atoms with Crippen molar-refractivity contribution in [1.29, 1.82) is 5.26 Å². The first-order valence-corrected chi connectivity index (χ1v) is 18.8. The number of nitrogens with zero attached hydrogens (tertiary/aromatic N) is 4. The van der Waals surface area contributed by atoms with Crippen LogP contribution in [0.5, 0.6) is 0 Å². The lowest BCUT2D eigenvalue weighted by Crippen LogP contribution is -2.66. The maximum Gasteiger partial charge on any atom is 0.237 e. The minimum atomic E-state index is 0.00427. The van der Waals surface area contributed by atoms with E-state index in [1.54, 1.807) is 0 Å². The summed E-state index contributed by atoms with van der Waals surface area (Å²) < 4.78 is 20.0. The fraction of sp³-hybridized carbons (Fsp3) is 0.780. The lowest BCUT2D eigenvalue weighted by Gasteiger charge is -2.66. The largest absolute Gasteiger partial charge is 0.377 e. The van der Waals surface area contributed by atoms with Crippen molar-refractivity contribution in [3.63, 3.8) is 0 Å². The fourth-order valence-corrected chi connectivity index (χ4v) is 12.3. The van der Waals surface area contributed by atoms with E-state index >= 15 is 0 Å². The predicted octanol–water partition coefficient (Wildman–Crippen LogP) is 8.07. The summed E-state index contributed by atoms with van der Waals surface area (Å²) in [6.07, 6.45) is 11.1. The second kappa shape index (κ2) is 14.8. The summed E-state index contributed by atoms with van der Waals surface area (Å²) >= 11 is 0. The van der Waals surface area contributed by atoms with Crippen molar-refractivity contribution in [3.05, 3.63) is 58.7 Å². The van der Waals surface area contributed by atoms with Crippen LogP contribution in [0.15, 0.2) is 30.3 Å². The molecular weight excluding hydrogens is 596 g/mol. The first-order chi connectivity index (χ1) is 23.2. The molecule has 0 spiro atoms. The van der Waals surface area contributed by atoms with E-state index in [-0.39, 0.29) is 34.6 Å². The summed E-state index contributed by atoms with van der Waals surface area (Å²) in [6, 6.07) is 13.8. The molecule has 0 heterocycles. The zero-order chi connectivity index (χ0) is 33.9. The molecule has 7 nitrogen and oxygen atoms in total. The van der Waals surface area contributed by atoms with Gasteiger partial charge in [0, 0.05) is 18.0 Å². The first kappa shape index (κ1) is 35.4. The monoisotopic (exact) mass is 654 g/mol. The molecule has 260 valence electrons. The van der Waals surface area contributed by atoms with Crippen molar-refractivity contribution >= 4 is 0 Å². The molecule has 5 fully saturated rings. The molecule has 12 atom stereocenters. The van der Waals surface area contributed by atoms with Gasteiger partial charge in [-0.25, -0.2) is 13.1 Å². The second-order valence-corrected chi connectivity index (χ2v) is 16.6. The standard InChI is InChI=1S/C41H58N4O3/c1-39-17-15-31(46-23-20-43-4)25-30(39)26-34(47-22-10-19-42)38-32-13-14-35(41(32,3)37(27-33(38)39)48-24-21-44-5)40(2)18-16-36(40)45(6)28-29-11-8-7-9-12-29/h7-9,11-12,30-38H,10,13-18,20-28H2,1-3,6H3/t30-,31?,32-,33-,34+,35+,36?,37-,38-,39-,40+,41-/m0/s1. The zero-order valence-corrected chi connectivity index (χ0v) is 29.9. The first-order valence-electron chi connectivity index (χ1n) is 18.8. The Morgan fingerprint density at radius 1 is 0.854 bits per heavy atom. The normalized spacial score (nSPS) is 41.6. The van der Waals surface area contributed by atoms with Gasteiger partial charge in [-0.05, 0) is 111 Å². The van der Waals surface area contributed by atoms with Crippen molar-refractivity contribution in [2.24, 2.45) is 45.8 Å². The van der Waals surface area contributed by atoms with Crippen molar-refractivity contribution < 1.29 is 14.2 Å². The van der Waals surface area contributed by atoms with Crippen molar-refractivity contribution in [2.45, 2.75) is 116 Å². The minimum Gasteiger partial charge on any atom is -0.377 e. The van der Waals surface area contributed by atoms with Gasteiger partial charge in [0.1, 0.15) is 13.2 Å². The van der Waals surface area contributed by atoms with Gasteiger partial charge in [-0.1, -0.05) is 51.1 Å². The van der Waals surface area contributed by atoms with E-state index in [9.17, 15) is 5.26 Å². The number of fused-ring (bicyclic) bond motifs is 5. The Balaban J connectivity index is 1.31. The zero-order valence-electron chi connectivity index (χ0n) is 29.9. The summed E-state index contributed by atoms with van der Waals surface area (Å²) in [5.74, 6) is 2.46. The number of benzene rings is 1. The van der Waals surface area contributed by atoms with Crippen LogP contribution >= 0.6 is 0 Å². The van der Waals surface area contributed by atoms with Crippen molar-refractivity contribution in [2.75, 3.05) is 40.0 Å². The minimum absolute atomic E-state index is 0.00427. The molecular formula is C41H58N4O3. The van der Waals surface area contributed by atoms with Crippen molar-refractivity contribution in [1.82, 2.24) is 4.90 Å². The third-order valence-electron chi connectivity index (χ3n) is 14.6. The van der Waals surface area contributed by atoms with Gasteiger partial charge in [-0.2, -0.15) is 5.26 Å². The van der Waals surface area contributed by atoms with Crippen LogP contribution in [0.4, 0.5) is 0 Å². The van der Waals surface area contributed by atoms with Gasteiger partial charge in [0.15, 0.2) is 0 Å². The molecule has 1 aromatic carbocycles. The number of nitriles is 1. The summed E-state index contributed by atoms with van der Waals surface area (Å²) in [7, 11) is 2.33. The van der Waals surface area contributed by atoms with Crippen LogP contribution in [0.2, 0.25) is 0 Å². The smallest absolute Gasteiger partial charge is 0.237 e. The number of ether oxygens (including phenoxy) is 3. The quantitative estimate of drug-likeness (QED) is 0.159. The molecule has 0 aromatic heterocycles. The number of rotatable bonds is 13. The molecule has 1 aromatic rings. The highest BCUT2D eigenvalue weighted by Crippen LogP contribution is 2.72. The van der Waals surface area contributed by atoms with Crippen LogP contribution in [-0.4, -0.2) is 69.2 Å². The third kappa shape index (κ3) is 6.33. The van der Waals surface area contributed by atoms with E-state index in [0.717, 1.165) is 38.6 Å². The van der Waals surface area contributed by atoms with E-state index in [1.165, 1.54) is 31.2 Å². The lowest BCUT2D eigenvalue weighted by atomic mass is 9.41. The summed E-state index contributed by atoms with van der Waals surface area (Å²) in [5, 5.41) is 9.43. The van der Waals surface area contributed by atoms with Crippen LogP contribution in [0, 0.1) is 70.3 Å². The Labute approximate surface area is 290 Å². The van der Waals surface area contributed by atoms with Crippen LogP contribution in [-0.2, 0) is 20.8 Å². The van der Waals surface area contributed by atoms with E-state index < -0.39 is 0 Å². The number of hydrogen-bond donors (Lipinski definition) is 0. The van der Waals surface area contributed by atoms with Crippen molar-refractivity contribution in [3.8, 4) is 6.07 Å². The molecule has 5 saturated carbocycles. The van der Waals surface area contributed by atoms with Crippen LogP contribution in [0.1, 0.15) is 90.5 Å². The van der Waals surface area contributed by atoms with E-state index in [4.69, 9.17) is 27.4 Å². The lowest BCUT2D eigenvalue weighted by molar-refractivity contribution is -0.237. The molecule has 0 N–H and O–H groups in total. The van der Waals surface area contributed by atoms with Crippen LogP contribution in [0.3, 0.4) is 0 Å². The molecule has 0 saturated heterocycles. The molecule has 0 bridgehead atoms. The van der Waals surface area contributed by atoms with E-state index in [2.05, 4.69) is 78.8 Å². The van der Waals surface area contributed by atoms with Gasteiger partial charge in [0.05, 0.1) is 37.4 Å². The van der Waals surface area contributed by atoms with Crippen LogP contribution < -0.4 is 0 Å². The summed E-state index contributed by atoms with van der Waals surface area (Å²) in [4.78, 5) is 9.82. The van der Waals surface area contributed by atoms with Gasteiger partial charge in [0.25, 0.3) is 0 Å². The number of hydrogen-bond acceptors (Lipinski definition) is 5. The average molecular weight is 655 g/mol. The predicted molar refractivity (Wildman–Crippen MR) is 187 cm³/mol. The molecule has 7 heteroatoms. The Hall–Kier alpha value is -2.47. The molecule has 5 aliphatic carbocycles. The molecule has 0 amide bonds.